The van der Waals surface area contributed by atoms with Crippen LogP contribution in [0, 0.1) is 26.0 Å². The Kier molecular flexibility index (Phi) is 11.5. The molecule has 0 aliphatic carbocycles. The molecule has 0 aliphatic heterocycles. The number of benzene rings is 4. The Labute approximate surface area is 275 Å². The van der Waals surface area contributed by atoms with Gasteiger partial charge in [-0.1, -0.05) is 101 Å². The van der Waals surface area contributed by atoms with Gasteiger partial charge in [0.15, 0.2) is 0 Å². The molecule has 0 atom stereocenters. The average molecular weight is 752 g/mol. The summed E-state index contributed by atoms with van der Waals surface area (Å²) in [6.07, 6.45) is 6.73. The normalized spacial score (nSPS) is 10.5. The summed E-state index contributed by atoms with van der Waals surface area (Å²) >= 11 is 0. The Morgan fingerprint density at radius 3 is 1.95 bits per heavy atom. The van der Waals surface area contributed by atoms with Crippen molar-refractivity contribution >= 4 is 0 Å². The Balaban J connectivity index is 0.000000198. The van der Waals surface area contributed by atoms with Crippen molar-refractivity contribution in [3.05, 3.63) is 150 Å². The third kappa shape index (κ3) is 8.23. The molecule has 4 heteroatoms. The SMILES string of the molecule is CCc1cnc(-c2[c-]ccc(-c3ccccc3)c2)nc1.Cc1[c-]c(-c2cc(-c3ccccc3)c(C(C)C)cn2)cc(C)c1.[Ir]. The fourth-order valence-electron chi connectivity index (χ4n) is 5.06. The van der Waals surface area contributed by atoms with Crippen molar-refractivity contribution < 1.29 is 20.1 Å². The molecule has 0 spiro atoms. The molecule has 0 bridgehead atoms. The zero-order valence-corrected chi connectivity index (χ0v) is 28.3. The van der Waals surface area contributed by atoms with Crippen LogP contribution in [0.1, 0.15) is 48.9 Å². The zero-order valence-electron chi connectivity index (χ0n) is 25.9. The number of hydrogen-bond donors (Lipinski definition) is 0. The Morgan fingerprint density at radius 2 is 1.34 bits per heavy atom. The van der Waals surface area contributed by atoms with Crippen LogP contribution >= 0.6 is 0 Å². The minimum atomic E-state index is 0. The van der Waals surface area contributed by atoms with Gasteiger partial charge in [0, 0.05) is 38.7 Å². The van der Waals surface area contributed by atoms with Gasteiger partial charge in [-0.15, -0.1) is 70.3 Å². The monoisotopic (exact) mass is 752 g/mol. The van der Waals surface area contributed by atoms with E-state index < -0.39 is 0 Å². The summed E-state index contributed by atoms with van der Waals surface area (Å²) in [5.41, 5.74) is 12.6. The Hall–Kier alpha value is -4.24. The van der Waals surface area contributed by atoms with Crippen molar-refractivity contribution in [3.63, 3.8) is 0 Å². The van der Waals surface area contributed by atoms with E-state index in [-0.39, 0.29) is 20.1 Å². The van der Waals surface area contributed by atoms with Crippen molar-refractivity contribution in [2.75, 3.05) is 0 Å². The maximum absolute atomic E-state index is 4.71. The van der Waals surface area contributed by atoms with Crippen molar-refractivity contribution in [2.24, 2.45) is 0 Å². The second-order valence-electron chi connectivity index (χ2n) is 11.1. The first-order valence-electron chi connectivity index (χ1n) is 14.9. The summed E-state index contributed by atoms with van der Waals surface area (Å²) in [5, 5.41) is 0. The standard InChI is InChI=1S/C22H22N.C18H15N2.Ir/c1-15(2)21-14-23-22(19-11-16(3)10-17(4)12-19)13-20(21)18-8-6-5-7-9-18;1-2-14-12-19-18(20-13-14)17-10-6-9-16(11-17)15-7-4-3-5-8-15;/h5-11,13-15H,1-4H3;3-9,11-13H,2H2,1H3;/q2*-1;. The van der Waals surface area contributed by atoms with E-state index in [1.807, 2.05) is 42.9 Å². The summed E-state index contributed by atoms with van der Waals surface area (Å²) in [6, 6.07) is 40.0. The molecule has 0 aliphatic rings. The molecule has 0 fully saturated rings. The smallest absolute Gasteiger partial charge is 0.0748 e. The first kappa shape index (κ1) is 32.7. The largest absolute Gasteiger partial charge is 0.304 e. The maximum atomic E-state index is 4.71. The molecule has 0 saturated heterocycles. The number of aryl methyl sites for hydroxylation is 3. The average Bonchev–Trinajstić information content (AvgIpc) is 3.05. The van der Waals surface area contributed by atoms with E-state index in [2.05, 4.69) is 130 Å². The van der Waals surface area contributed by atoms with Crippen LogP contribution in [0.15, 0.2) is 116 Å². The van der Waals surface area contributed by atoms with Gasteiger partial charge >= 0.3 is 0 Å². The van der Waals surface area contributed by atoms with Crippen LogP contribution in [-0.2, 0) is 26.5 Å². The molecular formula is C40H37IrN3-2. The van der Waals surface area contributed by atoms with E-state index in [1.54, 1.807) is 0 Å². The van der Waals surface area contributed by atoms with Gasteiger partial charge in [-0.2, -0.15) is 0 Å². The van der Waals surface area contributed by atoms with E-state index in [9.17, 15) is 0 Å². The van der Waals surface area contributed by atoms with E-state index in [1.165, 1.54) is 27.8 Å². The summed E-state index contributed by atoms with van der Waals surface area (Å²) in [7, 11) is 0. The quantitative estimate of drug-likeness (QED) is 0.159. The third-order valence-electron chi connectivity index (χ3n) is 7.33. The summed E-state index contributed by atoms with van der Waals surface area (Å²) in [4.78, 5) is 13.5. The van der Waals surface area contributed by atoms with Crippen LogP contribution in [0.2, 0.25) is 0 Å². The van der Waals surface area contributed by atoms with Crippen molar-refractivity contribution in [1.29, 1.82) is 0 Å². The van der Waals surface area contributed by atoms with Gasteiger partial charge in [0.05, 0.1) is 5.82 Å². The van der Waals surface area contributed by atoms with Crippen molar-refractivity contribution in [2.45, 2.75) is 47.0 Å². The van der Waals surface area contributed by atoms with Crippen LogP contribution < -0.4 is 0 Å². The molecule has 3 nitrogen and oxygen atoms in total. The molecule has 0 amide bonds. The van der Waals surface area contributed by atoms with E-state index in [0.717, 1.165) is 45.8 Å². The molecule has 4 aromatic carbocycles. The second kappa shape index (κ2) is 15.5. The number of aromatic nitrogens is 3. The van der Waals surface area contributed by atoms with Gasteiger partial charge in [0.25, 0.3) is 0 Å². The minimum absolute atomic E-state index is 0. The number of nitrogens with zero attached hydrogens (tertiary/aromatic N) is 3. The fraction of sp³-hybridized carbons (Fsp3) is 0.175. The molecule has 6 rings (SSSR count). The molecule has 0 unspecified atom stereocenters. The number of hydrogen-bond acceptors (Lipinski definition) is 3. The molecule has 44 heavy (non-hydrogen) atoms. The van der Waals surface area contributed by atoms with Crippen LogP contribution in [0.25, 0.3) is 44.9 Å². The predicted octanol–water partition coefficient (Wildman–Crippen LogP) is 10.1. The predicted molar refractivity (Wildman–Crippen MR) is 179 cm³/mol. The Morgan fingerprint density at radius 1 is 0.682 bits per heavy atom. The summed E-state index contributed by atoms with van der Waals surface area (Å²) in [6.45, 7) is 10.7. The molecule has 2 heterocycles. The van der Waals surface area contributed by atoms with Gasteiger partial charge in [0.2, 0.25) is 0 Å². The van der Waals surface area contributed by atoms with E-state index in [0.29, 0.717) is 5.92 Å². The van der Waals surface area contributed by atoms with Gasteiger partial charge in [-0.25, -0.2) is 0 Å². The number of pyridine rings is 1. The van der Waals surface area contributed by atoms with Crippen LogP contribution in [-0.4, -0.2) is 15.0 Å². The summed E-state index contributed by atoms with van der Waals surface area (Å²) < 4.78 is 0. The Bertz CT molecular complexity index is 1760. The maximum Gasteiger partial charge on any atom is 0.0748 e. The van der Waals surface area contributed by atoms with Gasteiger partial charge in [-0.05, 0) is 45.8 Å². The van der Waals surface area contributed by atoms with E-state index >= 15 is 0 Å². The fourth-order valence-corrected chi connectivity index (χ4v) is 5.06. The first-order chi connectivity index (χ1) is 20.9. The third-order valence-corrected chi connectivity index (χ3v) is 7.33. The topological polar surface area (TPSA) is 38.7 Å². The van der Waals surface area contributed by atoms with Crippen molar-refractivity contribution in [3.8, 4) is 44.9 Å². The molecule has 0 saturated carbocycles. The van der Waals surface area contributed by atoms with Crippen LogP contribution in [0.5, 0.6) is 0 Å². The molecular weight excluding hydrogens is 715 g/mol. The van der Waals surface area contributed by atoms with Gasteiger partial charge in [0.1, 0.15) is 0 Å². The van der Waals surface area contributed by atoms with Crippen LogP contribution in [0.4, 0.5) is 0 Å². The molecule has 2 aromatic heterocycles. The van der Waals surface area contributed by atoms with Crippen LogP contribution in [0.3, 0.4) is 0 Å². The molecule has 6 aromatic rings. The van der Waals surface area contributed by atoms with E-state index in [4.69, 9.17) is 4.98 Å². The first-order valence-corrected chi connectivity index (χ1v) is 14.9. The second-order valence-corrected chi connectivity index (χ2v) is 11.1. The molecule has 0 N–H and O–H groups in total. The van der Waals surface area contributed by atoms with Crippen molar-refractivity contribution in [1.82, 2.24) is 15.0 Å². The zero-order chi connectivity index (χ0) is 30.2. The number of rotatable bonds is 6. The van der Waals surface area contributed by atoms with Gasteiger partial charge < -0.3 is 4.98 Å². The van der Waals surface area contributed by atoms with Gasteiger partial charge in [-0.3, -0.25) is 9.97 Å². The minimum Gasteiger partial charge on any atom is -0.304 e. The molecule has 223 valence electrons. The molecule has 1 radical (unpaired) electrons. The summed E-state index contributed by atoms with van der Waals surface area (Å²) in [5.74, 6) is 1.16.